The van der Waals surface area contributed by atoms with Gasteiger partial charge in [-0.05, 0) is 43.2 Å². The second kappa shape index (κ2) is 5.96. The summed E-state index contributed by atoms with van der Waals surface area (Å²) in [5.74, 6) is -2.55. The summed E-state index contributed by atoms with van der Waals surface area (Å²) < 4.78 is 45.4. The summed E-state index contributed by atoms with van der Waals surface area (Å²) in [5, 5.41) is -0.355. The van der Waals surface area contributed by atoms with Crippen molar-refractivity contribution in [1.82, 2.24) is 4.90 Å². The Morgan fingerprint density at radius 3 is 2.43 bits per heavy atom. The molecule has 1 aliphatic heterocycles. The van der Waals surface area contributed by atoms with Crippen LogP contribution in [0, 0.1) is 31.3 Å². The highest BCUT2D eigenvalue weighted by Gasteiger charge is 2.35. The minimum atomic E-state index is -1.51. The van der Waals surface area contributed by atoms with Crippen molar-refractivity contribution in [2.45, 2.75) is 25.8 Å². The van der Waals surface area contributed by atoms with Gasteiger partial charge in [-0.1, -0.05) is 0 Å². The third-order valence-corrected chi connectivity index (χ3v) is 5.01. The Kier molecular flexibility index (Phi) is 4.14. The highest BCUT2D eigenvalue weighted by Crippen LogP contribution is 2.41. The molecule has 1 atom stereocenters. The molecule has 0 radical (unpaired) electrons. The molecule has 122 valence electrons. The number of hydrogen-bond acceptors (Lipinski definition) is 3. The zero-order chi connectivity index (χ0) is 16.7. The summed E-state index contributed by atoms with van der Waals surface area (Å²) in [6.45, 7) is 3.72. The molecule has 1 fully saturated rings. The van der Waals surface area contributed by atoms with E-state index >= 15 is 0 Å². The highest BCUT2D eigenvalue weighted by atomic mass is 32.2. The Morgan fingerprint density at radius 1 is 1.22 bits per heavy atom. The molecule has 2 aromatic rings. The zero-order valence-corrected chi connectivity index (χ0v) is 13.3. The number of furan rings is 1. The molecule has 1 unspecified atom stereocenters. The number of nitrogens with zero attached hydrogens (tertiary/aromatic N) is 1. The van der Waals surface area contributed by atoms with E-state index in [4.69, 9.17) is 4.42 Å². The van der Waals surface area contributed by atoms with E-state index in [0.29, 0.717) is 5.76 Å². The van der Waals surface area contributed by atoms with Crippen molar-refractivity contribution in [3.63, 3.8) is 0 Å². The Balaban J connectivity index is 1.89. The lowest BCUT2D eigenvalue weighted by atomic mass is 10.2. The monoisotopic (exact) mass is 341 g/mol. The molecule has 0 aliphatic carbocycles. The van der Waals surface area contributed by atoms with Crippen LogP contribution in [0.15, 0.2) is 22.6 Å². The van der Waals surface area contributed by atoms with Crippen LogP contribution >= 0.6 is 11.8 Å². The van der Waals surface area contributed by atoms with Gasteiger partial charge in [-0.15, -0.1) is 11.8 Å². The molecule has 23 heavy (non-hydrogen) atoms. The molecule has 3 nitrogen and oxygen atoms in total. The molecular formula is C16H14F3NO2S. The maximum Gasteiger partial charge on any atom is 0.234 e. The van der Waals surface area contributed by atoms with Crippen LogP contribution < -0.4 is 0 Å². The van der Waals surface area contributed by atoms with Crippen LogP contribution in [0.5, 0.6) is 0 Å². The van der Waals surface area contributed by atoms with Gasteiger partial charge in [0.1, 0.15) is 16.9 Å². The first-order chi connectivity index (χ1) is 10.9. The van der Waals surface area contributed by atoms with Gasteiger partial charge in [-0.3, -0.25) is 4.79 Å². The number of halogens is 3. The minimum absolute atomic E-state index is 0.0105. The molecule has 3 rings (SSSR count). The van der Waals surface area contributed by atoms with Crippen LogP contribution in [0.2, 0.25) is 0 Å². The highest BCUT2D eigenvalue weighted by molar-refractivity contribution is 8.00. The lowest BCUT2D eigenvalue weighted by Gasteiger charge is -2.22. The Hall–Kier alpha value is -1.89. The van der Waals surface area contributed by atoms with Crippen molar-refractivity contribution in [3.8, 4) is 0 Å². The van der Waals surface area contributed by atoms with E-state index in [9.17, 15) is 18.0 Å². The smallest absolute Gasteiger partial charge is 0.234 e. The minimum Gasteiger partial charge on any atom is -0.463 e. The molecular weight excluding hydrogens is 327 g/mol. The third kappa shape index (κ3) is 2.97. The SMILES string of the molecule is Cc1cc(C2SCC(=O)N2Cc2cc(F)c(F)c(F)c2)oc1C. The summed E-state index contributed by atoms with van der Waals surface area (Å²) in [6.07, 6.45) is 0. The van der Waals surface area contributed by atoms with Crippen molar-refractivity contribution in [1.29, 1.82) is 0 Å². The predicted molar refractivity (Wildman–Crippen MR) is 80.2 cm³/mol. The second-order valence-corrected chi connectivity index (χ2v) is 6.51. The van der Waals surface area contributed by atoms with E-state index in [0.717, 1.165) is 23.5 Å². The first kappa shape index (κ1) is 16.0. The number of benzene rings is 1. The van der Waals surface area contributed by atoms with Gasteiger partial charge in [0.05, 0.1) is 5.75 Å². The van der Waals surface area contributed by atoms with Gasteiger partial charge in [-0.2, -0.15) is 0 Å². The molecule has 1 aromatic carbocycles. The molecule has 0 spiro atoms. The normalized spacial score (nSPS) is 18.0. The maximum absolute atomic E-state index is 13.3. The number of thioether (sulfide) groups is 1. The largest absolute Gasteiger partial charge is 0.463 e. The summed E-state index contributed by atoms with van der Waals surface area (Å²) in [4.78, 5) is 13.6. The van der Waals surface area contributed by atoms with Gasteiger partial charge >= 0.3 is 0 Å². The molecule has 0 saturated carbocycles. The Bertz CT molecular complexity index is 732. The first-order valence-electron chi connectivity index (χ1n) is 6.98. The van der Waals surface area contributed by atoms with Crippen molar-refractivity contribution >= 4 is 17.7 Å². The van der Waals surface area contributed by atoms with Crippen molar-refractivity contribution < 1.29 is 22.4 Å². The average molecular weight is 341 g/mol. The fourth-order valence-corrected chi connectivity index (χ4v) is 3.60. The molecule has 1 saturated heterocycles. The third-order valence-electron chi connectivity index (χ3n) is 3.79. The van der Waals surface area contributed by atoms with Crippen LogP contribution in [0.25, 0.3) is 0 Å². The number of carbonyl (C=O) groups excluding carboxylic acids is 1. The lowest BCUT2D eigenvalue weighted by Crippen LogP contribution is -2.27. The van der Waals surface area contributed by atoms with Crippen LogP contribution in [0.3, 0.4) is 0 Å². The van der Waals surface area contributed by atoms with E-state index in [1.807, 2.05) is 19.9 Å². The Labute approximate surface area is 135 Å². The molecule has 1 aromatic heterocycles. The van der Waals surface area contributed by atoms with E-state index in [1.54, 1.807) is 0 Å². The van der Waals surface area contributed by atoms with Gasteiger partial charge in [0, 0.05) is 6.54 Å². The van der Waals surface area contributed by atoms with E-state index < -0.39 is 17.5 Å². The summed E-state index contributed by atoms with van der Waals surface area (Å²) in [5.41, 5.74) is 1.17. The average Bonchev–Trinajstić information content (AvgIpc) is 3.00. The first-order valence-corrected chi connectivity index (χ1v) is 8.03. The van der Waals surface area contributed by atoms with E-state index in [-0.39, 0.29) is 29.1 Å². The molecule has 1 amide bonds. The molecule has 1 aliphatic rings. The molecule has 0 bridgehead atoms. The van der Waals surface area contributed by atoms with Gasteiger partial charge in [0.15, 0.2) is 17.5 Å². The topological polar surface area (TPSA) is 33.5 Å². The van der Waals surface area contributed by atoms with Gasteiger partial charge in [0.2, 0.25) is 5.91 Å². The van der Waals surface area contributed by atoms with Gasteiger partial charge < -0.3 is 9.32 Å². The van der Waals surface area contributed by atoms with E-state index in [1.165, 1.54) is 16.7 Å². The predicted octanol–water partition coefficient (Wildman–Crippen LogP) is 4.09. The van der Waals surface area contributed by atoms with Gasteiger partial charge in [0.25, 0.3) is 0 Å². The van der Waals surface area contributed by atoms with Crippen molar-refractivity contribution in [2.75, 3.05) is 5.75 Å². The summed E-state index contributed by atoms with van der Waals surface area (Å²) in [6, 6.07) is 3.67. The number of carbonyl (C=O) groups is 1. The van der Waals surface area contributed by atoms with E-state index in [2.05, 4.69) is 0 Å². The van der Waals surface area contributed by atoms with Gasteiger partial charge in [-0.25, -0.2) is 13.2 Å². The standard InChI is InChI=1S/C16H14F3NO2S/c1-8-3-13(22-9(8)2)16-20(14(21)7-23-16)6-10-4-11(17)15(19)12(18)5-10/h3-5,16H,6-7H2,1-2H3. The van der Waals surface area contributed by atoms with Crippen LogP contribution in [-0.2, 0) is 11.3 Å². The maximum atomic E-state index is 13.3. The second-order valence-electron chi connectivity index (χ2n) is 5.45. The Morgan fingerprint density at radius 2 is 1.87 bits per heavy atom. The summed E-state index contributed by atoms with van der Waals surface area (Å²) >= 11 is 1.39. The van der Waals surface area contributed by atoms with Crippen LogP contribution in [0.1, 0.15) is 28.0 Å². The fourth-order valence-electron chi connectivity index (χ4n) is 2.48. The lowest BCUT2D eigenvalue weighted by molar-refractivity contribution is -0.128. The number of amides is 1. The fraction of sp³-hybridized carbons (Fsp3) is 0.312. The summed E-state index contributed by atoms with van der Waals surface area (Å²) in [7, 11) is 0. The van der Waals surface area contributed by atoms with Crippen molar-refractivity contribution in [3.05, 3.63) is 58.3 Å². The quantitative estimate of drug-likeness (QED) is 0.789. The van der Waals surface area contributed by atoms with Crippen LogP contribution in [0.4, 0.5) is 13.2 Å². The zero-order valence-electron chi connectivity index (χ0n) is 12.5. The number of aryl methyl sites for hydroxylation is 2. The van der Waals surface area contributed by atoms with Crippen LogP contribution in [-0.4, -0.2) is 16.6 Å². The number of hydrogen-bond donors (Lipinski definition) is 0. The number of rotatable bonds is 3. The van der Waals surface area contributed by atoms with Crippen molar-refractivity contribution in [2.24, 2.45) is 0 Å². The molecule has 7 heteroatoms. The molecule has 0 N–H and O–H groups in total. The molecule has 2 heterocycles.